The number of hydrazine groups is 1. The summed E-state index contributed by atoms with van der Waals surface area (Å²) in [6, 6.07) is 0. The van der Waals surface area contributed by atoms with Crippen molar-refractivity contribution in [2.24, 2.45) is 5.84 Å². The van der Waals surface area contributed by atoms with Crippen molar-refractivity contribution in [2.45, 2.75) is 6.18 Å². The summed E-state index contributed by atoms with van der Waals surface area (Å²) < 4.78 is 33.2. The van der Waals surface area contributed by atoms with Gasteiger partial charge in [-0.1, -0.05) is 5.59 Å². The monoisotopic (exact) mass is 144 g/mol. The van der Waals surface area contributed by atoms with E-state index in [0.29, 0.717) is 0 Å². The maximum Gasteiger partial charge on any atom is 0.492 e. The zero-order chi connectivity index (χ0) is 7.49. The summed E-state index contributed by atoms with van der Waals surface area (Å²) in [6.45, 7) is 0. The lowest BCUT2D eigenvalue weighted by atomic mass is 10.7. The molecule has 0 bridgehead atoms. The highest BCUT2D eigenvalue weighted by Gasteiger charge is 2.41. The first kappa shape index (κ1) is 8.18. The SMILES string of the molecule is NNOC(=O)C(F)(F)F. The number of halogens is 3. The van der Waals surface area contributed by atoms with Crippen molar-refractivity contribution in [2.75, 3.05) is 0 Å². The largest absolute Gasteiger partial charge is 0.492 e. The average molecular weight is 144 g/mol. The Balaban J connectivity index is 3.74. The van der Waals surface area contributed by atoms with Crippen LogP contribution in [-0.4, -0.2) is 12.1 Å². The molecule has 0 heterocycles. The van der Waals surface area contributed by atoms with E-state index in [0.717, 1.165) is 5.59 Å². The molecule has 0 unspecified atom stereocenters. The molecule has 0 spiro atoms. The number of nitrogens with two attached hydrogens (primary N) is 1. The molecule has 3 N–H and O–H groups in total. The van der Waals surface area contributed by atoms with Crippen LogP contribution in [0.25, 0.3) is 0 Å². The molecule has 0 amide bonds. The van der Waals surface area contributed by atoms with E-state index >= 15 is 0 Å². The molecule has 7 heteroatoms. The smallest absolute Gasteiger partial charge is 0.348 e. The fourth-order valence-electron chi connectivity index (χ4n) is 0.111. The predicted molar refractivity (Wildman–Crippen MR) is 19.5 cm³/mol. The predicted octanol–water partition coefficient (Wildman–Crippen LogP) is -0.530. The Labute approximate surface area is 47.7 Å². The van der Waals surface area contributed by atoms with Crippen LogP contribution in [0, 0.1) is 0 Å². The van der Waals surface area contributed by atoms with Gasteiger partial charge < -0.3 is 4.84 Å². The van der Waals surface area contributed by atoms with E-state index < -0.39 is 12.1 Å². The maximum atomic E-state index is 11.1. The third-order valence-electron chi connectivity index (χ3n) is 0.383. The first-order valence-electron chi connectivity index (χ1n) is 1.72. The van der Waals surface area contributed by atoms with E-state index in [4.69, 9.17) is 0 Å². The van der Waals surface area contributed by atoms with E-state index in [1.54, 1.807) is 0 Å². The van der Waals surface area contributed by atoms with Crippen molar-refractivity contribution in [3.05, 3.63) is 0 Å². The third kappa shape index (κ3) is 2.88. The Morgan fingerprint density at radius 2 is 2.00 bits per heavy atom. The van der Waals surface area contributed by atoms with Gasteiger partial charge in [0.2, 0.25) is 0 Å². The quantitative estimate of drug-likeness (QED) is 0.383. The number of carbonyl (C=O) groups excluding carboxylic acids is 1. The van der Waals surface area contributed by atoms with E-state index in [2.05, 4.69) is 10.7 Å². The first-order chi connectivity index (χ1) is 3.98. The number of hydrogen-bond donors (Lipinski definition) is 2. The van der Waals surface area contributed by atoms with Gasteiger partial charge in [-0.2, -0.15) is 13.2 Å². The first-order valence-corrected chi connectivity index (χ1v) is 1.72. The van der Waals surface area contributed by atoms with Gasteiger partial charge in [-0.15, -0.1) is 0 Å². The van der Waals surface area contributed by atoms with Crippen LogP contribution in [0.4, 0.5) is 13.2 Å². The van der Waals surface area contributed by atoms with Crippen molar-refractivity contribution < 1.29 is 22.8 Å². The zero-order valence-corrected chi connectivity index (χ0v) is 4.03. The molecule has 0 saturated heterocycles. The Hall–Kier alpha value is -0.820. The van der Waals surface area contributed by atoms with Crippen LogP contribution < -0.4 is 11.4 Å². The summed E-state index contributed by atoms with van der Waals surface area (Å²) in [5.74, 6) is 1.86. The second kappa shape index (κ2) is 2.65. The molecule has 0 aliphatic heterocycles. The summed E-state index contributed by atoms with van der Waals surface area (Å²) in [4.78, 5) is 12.7. The van der Waals surface area contributed by atoms with Crippen molar-refractivity contribution in [1.29, 1.82) is 0 Å². The van der Waals surface area contributed by atoms with Crippen LogP contribution in [0.15, 0.2) is 0 Å². The summed E-state index contributed by atoms with van der Waals surface area (Å²) in [5.41, 5.74) is 1.10. The normalized spacial score (nSPS) is 11.1. The second-order valence-electron chi connectivity index (χ2n) is 1.01. The van der Waals surface area contributed by atoms with Gasteiger partial charge in [-0.05, 0) is 0 Å². The number of carbonyl (C=O) groups is 1. The Kier molecular flexibility index (Phi) is 2.41. The summed E-state index contributed by atoms with van der Waals surface area (Å²) in [7, 11) is 0. The second-order valence-corrected chi connectivity index (χ2v) is 1.01. The fourth-order valence-corrected chi connectivity index (χ4v) is 0.111. The van der Waals surface area contributed by atoms with E-state index in [-0.39, 0.29) is 0 Å². The molecule has 0 atom stereocenters. The lowest BCUT2D eigenvalue weighted by molar-refractivity contribution is -0.207. The maximum absolute atomic E-state index is 11.1. The molecule has 0 saturated carbocycles. The van der Waals surface area contributed by atoms with E-state index in [1.807, 2.05) is 0 Å². The number of rotatable bonds is 1. The minimum atomic E-state index is -4.99. The molecule has 0 fully saturated rings. The van der Waals surface area contributed by atoms with Crippen molar-refractivity contribution in [1.82, 2.24) is 5.59 Å². The third-order valence-corrected chi connectivity index (χ3v) is 0.383. The minimum absolute atomic E-state index is 1.10. The highest BCUT2D eigenvalue weighted by atomic mass is 19.4. The molecule has 54 valence electrons. The Morgan fingerprint density at radius 1 is 1.56 bits per heavy atom. The van der Waals surface area contributed by atoms with Crippen LogP contribution in [-0.2, 0) is 9.63 Å². The van der Waals surface area contributed by atoms with Crippen LogP contribution in [0.5, 0.6) is 0 Å². The van der Waals surface area contributed by atoms with Gasteiger partial charge in [0, 0.05) is 0 Å². The van der Waals surface area contributed by atoms with Gasteiger partial charge in [-0.3, -0.25) is 0 Å². The fraction of sp³-hybridized carbons (Fsp3) is 0.500. The zero-order valence-electron chi connectivity index (χ0n) is 4.03. The molecule has 0 radical (unpaired) electrons. The molecule has 0 aliphatic rings. The average Bonchev–Trinajstić information content (AvgIpc) is 1.64. The van der Waals surface area contributed by atoms with Crippen molar-refractivity contribution in [3.8, 4) is 0 Å². The molecular formula is C2H3F3N2O2. The topological polar surface area (TPSA) is 64.3 Å². The van der Waals surface area contributed by atoms with Gasteiger partial charge in [0.1, 0.15) is 0 Å². The molecule has 9 heavy (non-hydrogen) atoms. The van der Waals surface area contributed by atoms with Gasteiger partial charge in [0.25, 0.3) is 0 Å². The molecule has 0 aromatic heterocycles. The summed E-state index contributed by atoms with van der Waals surface area (Å²) >= 11 is 0. The molecule has 0 aromatic rings. The standard InChI is InChI=1S/C2H3F3N2O2/c3-2(4,5)1(8)9-7-6/h7H,6H2. The lowest BCUT2D eigenvalue weighted by Gasteiger charge is -2.02. The lowest BCUT2D eigenvalue weighted by Crippen LogP contribution is -2.34. The van der Waals surface area contributed by atoms with E-state index in [9.17, 15) is 18.0 Å². The van der Waals surface area contributed by atoms with Gasteiger partial charge in [-0.25, -0.2) is 10.6 Å². The van der Waals surface area contributed by atoms with Crippen molar-refractivity contribution in [3.63, 3.8) is 0 Å². The molecule has 0 rings (SSSR count). The van der Waals surface area contributed by atoms with Crippen molar-refractivity contribution >= 4 is 5.97 Å². The summed E-state index contributed by atoms with van der Waals surface area (Å²) in [5, 5.41) is 0. The van der Waals surface area contributed by atoms with Crippen LogP contribution in [0.1, 0.15) is 0 Å². The van der Waals surface area contributed by atoms with Gasteiger partial charge in [0.05, 0.1) is 0 Å². The number of nitrogens with one attached hydrogen (secondary N) is 1. The van der Waals surface area contributed by atoms with Gasteiger partial charge in [0.15, 0.2) is 0 Å². The summed E-state index contributed by atoms with van der Waals surface area (Å²) in [6.07, 6.45) is -4.99. The molecule has 4 nitrogen and oxygen atoms in total. The Bertz CT molecular complexity index is 111. The van der Waals surface area contributed by atoms with Crippen LogP contribution >= 0.6 is 0 Å². The molecular weight excluding hydrogens is 141 g/mol. The highest BCUT2D eigenvalue weighted by molar-refractivity contribution is 5.75. The van der Waals surface area contributed by atoms with Gasteiger partial charge >= 0.3 is 12.1 Å². The minimum Gasteiger partial charge on any atom is -0.348 e. The number of alkyl halides is 3. The molecule has 0 aromatic carbocycles. The highest BCUT2D eigenvalue weighted by Crippen LogP contribution is 2.15. The number of hydrogen-bond acceptors (Lipinski definition) is 4. The Morgan fingerprint density at radius 3 is 2.11 bits per heavy atom. The van der Waals surface area contributed by atoms with Crippen LogP contribution in [0.2, 0.25) is 0 Å². The van der Waals surface area contributed by atoms with E-state index in [1.165, 1.54) is 0 Å². The molecule has 0 aliphatic carbocycles. The van der Waals surface area contributed by atoms with Crippen LogP contribution in [0.3, 0.4) is 0 Å².